The molecule has 23 nitrogen and oxygen atoms in total. The maximum Gasteiger partial charge on any atom is 0.240 e. The van der Waals surface area contributed by atoms with Gasteiger partial charge in [0, 0.05) is 119 Å². The number of nitrogens with one attached hydrogen (secondary N) is 4. The van der Waals surface area contributed by atoms with Crippen LogP contribution in [0.25, 0.3) is 0 Å². The lowest BCUT2D eigenvalue weighted by Gasteiger charge is -2.43. The van der Waals surface area contributed by atoms with Crippen LogP contribution in [0.3, 0.4) is 0 Å². The molecule has 9 fully saturated rings. The van der Waals surface area contributed by atoms with E-state index in [0.717, 1.165) is 71.0 Å². The number of ketones is 4. The molecule has 9 aliphatic rings. The predicted octanol–water partition coefficient (Wildman–Crippen LogP) is 8.20. The van der Waals surface area contributed by atoms with E-state index in [-0.39, 0.29) is 105 Å². The van der Waals surface area contributed by atoms with Crippen molar-refractivity contribution in [2.24, 2.45) is 0 Å². The average molecular weight is 1420 g/mol. The number of carbonyl (C=O) groups excluding carboxylic acids is 8. The van der Waals surface area contributed by atoms with Crippen LogP contribution in [-0.2, 0) is 38.4 Å². The first kappa shape index (κ1) is 99.5. The van der Waals surface area contributed by atoms with Gasteiger partial charge in [-0.15, -0.1) is 0 Å². The van der Waals surface area contributed by atoms with Crippen LogP contribution >= 0.6 is 0 Å². The van der Waals surface area contributed by atoms with Gasteiger partial charge >= 0.3 is 0 Å². The Morgan fingerprint density at radius 1 is 0.430 bits per heavy atom. The second-order valence-corrected chi connectivity index (χ2v) is 30.4. The molecular weight excluding hydrogens is 1270 g/mol. The summed E-state index contributed by atoms with van der Waals surface area (Å²) in [5.74, 6) is 1.96. The van der Waals surface area contributed by atoms with E-state index in [1.165, 1.54) is 37.9 Å². The highest BCUT2D eigenvalue weighted by Crippen LogP contribution is 2.25. The standard InChI is InChI=1S/C9H18N2O.2C9H17NO2.2C9H17NO.C8H15N.C7H12N2O2.C7H14N2O.C7H14N2.3CH4/c1-7(2)11-6-5-10-8(12)9(11,3)4;2*1-6(2)10-5-8(12)4-9(10)7(3)11;2*1-7(2)10-6-4-5-9(10)8(3)11;1-7(2)9-6-4-5-8(9)3;1-5(2)9-3-6(10)8-7(11)4-9;1-6(2)9-4-3-8-7(10)5-9;1-6(2)9-5-4-8-7(9)3;;;/h7H,5-6H2,1-4H3,(H,10,12);2*6,8-9,12H,4-5H2,1-3H3;2*7,9H,4-6H2,1-3H3;7H,3-6H2,1-2H3;5H,3-4H2,1-2H3,(H,8,10,11);6H,3-5H2,1-2H3,(H,8,10);6,8H,3-5H2,1-2H3;3*1H4/t;2*8-,9+;2*9-;;;;;;;/m.1010......./s1. The first-order valence-electron chi connectivity index (χ1n) is 36.7. The zero-order chi connectivity index (χ0) is 74.5. The van der Waals surface area contributed by atoms with Crippen LogP contribution in [0.5, 0.6) is 0 Å². The summed E-state index contributed by atoms with van der Waals surface area (Å²) in [6.07, 6.45) is 7.57. The average Bonchev–Trinajstić information content (AvgIpc) is 1.35. The van der Waals surface area contributed by atoms with E-state index >= 15 is 0 Å². The first-order chi connectivity index (χ1) is 45.0. The fourth-order valence-electron chi connectivity index (χ4n) is 13.8. The fourth-order valence-corrected chi connectivity index (χ4v) is 13.8. The third-order valence-corrected chi connectivity index (χ3v) is 19.3. The second kappa shape index (κ2) is 49.1. The second-order valence-electron chi connectivity index (χ2n) is 30.4. The van der Waals surface area contributed by atoms with Gasteiger partial charge in [0.15, 0.2) is 0 Å². The number of hydrogen-bond donors (Lipinski definition) is 6. The molecule has 0 saturated carbocycles. The van der Waals surface area contributed by atoms with Gasteiger partial charge in [0.1, 0.15) is 23.1 Å². The molecule has 0 aromatic rings. The lowest BCUT2D eigenvalue weighted by Crippen LogP contribution is -2.63. The van der Waals surface area contributed by atoms with Crippen molar-refractivity contribution in [3.63, 3.8) is 0 Å². The molecule has 0 aliphatic carbocycles. The van der Waals surface area contributed by atoms with Gasteiger partial charge in [-0.3, -0.25) is 78.0 Å². The molecule has 9 aliphatic heterocycles. The van der Waals surface area contributed by atoms with Crippen molar-refractivity contribution in [2.45, 2.75) is 336 Å². The SMILES string of the molecule is C.C.C.C=C1CCCN1C(C)C.C=C1NCCN1C(C)C.CC(=O)[C@@H]1CCCN1C(C)C.CC(=O)[C@@H]1C[C@@H](O)CN1C(C)C.CC(=O)[C@H]1CCCN1C(C)C.CC(=O)[C@H]1C[C@H](O)CN1C(C)C.CC(C)N1CC(=O)NC(=O)C1.CC(C)N1CCNC(=O)C1.CC(C)N1CCNC(=O)C1(C)C. The number of aliphatic hydroxyl groups is 2. The van der Waals surface area contributed by atoms with Gasteiger partial charge in [-0.2, -0.15) is 0 Å². The van der Waals surface area contributed by atoms with Crippen molar-refractivity contribution in [3.05, 3.63) is 24.7 Å². The molecule has 6 atom stereocenters. The Balaban J connectivity index is -0.00000106. The maximum absolute atomic E-state index is 11.5. The molecule has 586 valence electrons. The van der Waals surface area contributed by atoms with Crippen molar-refractivity contribution < 1.29 is 48.6 Å². The number of likely N-dealkylation sites (tertiary alicyclic amines) is 5. The Labute approximate surface area is 610 Å². The molecule has 0 unspecified atom stereocenters. The van der Waals surface area contributed by atoms with Gasteiger partial charge in [0.05, 0.1) is 67.4 Å². The summed E-state index contributed by atoms with van der Waals surface area (Å²) in [5, 5.41) is 29.8. The molecule has 0 aromatic carbocycles. The number of amides is 4. The summed E-state index contributed by atoms with van der Waals surface area (Å²) >= 11 is 0. The number of rotatable bonds is 13. The smallest absolute Gasteiger partial charge is 0.240 e. The molecule has 6 N–H and O–H groups in total. The molecular formula is C77H153N13O10. The van der Waals surface area contributed by atoms with Crippen LogP contribution in [0.1, 0.15) is 240 Å². The van der Waals surface area contributed by atoms with Crippen LogP contribution < -0.4 is 21.3 Å². The summed E-state index contributed by atoms with van der Waals surface area (Å²) in [4.78, 5) is 108. The number of Topliss-reactive ketones (excluding diaryl/α,β-unsaturated/α-hetero) is 4. The van der Waals surface area contributed by atoms with Crippen LogP contribution in [0, 0.1) is 0 Å². The van der Waals surface area contributed by atoms with E-state index in [0.29, 0.717) is 105 Å². The molecule has 100 heavy (non-hydrogen) atoms. The molecule has 9 saturated heterocycles. The van der Waals surface area contributed by atoms with E-state index < -0.39 is 0 Å². The maximum atomic E-state index is 11.5. The molecule has 9 heterocycles. The summed E-state index contributed by atoms with van der Waals surface area (Å²) in [5.41, 5.74) is 0.983. The largest absolute Gasteiger partial charge is 0.392 e. The zero-order valence-electron chi connectivity index (χ0n) is 65.3. The van der Waals surface area contributed by atoms with Crippen molar-refractivity contribution in [1.29, 1.82) is 0 Å². The highest BCUT2D eigenvalue weighted by atomic mass is 16.3. The highest BCUT2D eigenvalue weighted by Gasteiger charge is 2.40. The van der Waals surface area contributed by atoms with Crippen LogP contribution in [0.15, 0.2) is 24.7 Å². The minimum absolute atomic E-state index is 0. The third kappa shape index (κ3) is 34.7. The van der Waals surface area contributed by atoms with Crippen molar-refractivity contribution in [1.82, 2.24) is 65.4 Å². The van der Waals surface area contributed by atoms with Gasteiger partial charge < -0.3 is 36.0 Å². The first-order valence-corrected chi connectivity index (χ1v) is 36.7. The van der Waals surface area contributed by atoms with Gasteiger partial charge in [-0.1, -0.05) is 35.4 Å². The summed E-state index contributed by atoms with van der Waals surface area (Å²) in [7, 11) is 0. The van der Waals surface area contributed by atoms with Gasteiger partial charge in [0.2, 0.25) is 23.6 Å². The Morgan fingerprint density at radius 2 is 0.810 bits per heavy atom. The number of hydrogen-bond acceptors (Lipinski definition) is 20. The number of carbonyl (C=O) groups is 8. The summed E-state index contributed by atoms with van der Waals surface area (Å²) in [6.45, 7) is 68.0. The molecule has 0 aromatic heterocycles. The van der Waals surface area contributed by atoms with Gasteiger partial charge in [0.25, 0.3) is 0 Å². The topological polar surface area (TPSA) is 254 Å². The number of imide groups is 1. The monoisotopic (exact) mass is 1420 g/mol. The number of nitrogens with zero attached hydrogens (tertiary/aromatic N) is 9. The predicted molar refractivity (Wildman–Crippen MR) is 413 cm³/mol. The normalized spacial score (nSPS) is 24.1. The van der Waals surface area contributed by atoms with E-state index in [1.54, 1.807) is 27.7 Å². The van der Waals surface area contributed by atoms with Crippen LogP contribution in [0.4, 0.5) is 0 Å². The van der Waals surface area contributed by atoms with E-state index in [1.807, 2.05) is 60.3 Å². The molecule has 4 amide bonds. The Bertz CT molecular complexity index is 2330. The minimum Gasteiger partial charge on any atom is -0.392 e. The number of aliphatic hydroxyl groups excluding tert-OH is 2. The minimum atomic E-state index is -0.341. The van der Waals surface area contributed by atoms with Crippen molar-refractivity contribution in [2.75, 3.05) is 91.6 Å². The summed E-state index contributed by atoms with van der Waals surface area (Å²) in [6, 6.07) is 4.48. The number of β-amino-alcohol motifs (C(OH)–C–C–N with tert-alkyl or cyclic N) is 2. The van der Waals surface area contributed by atoms with Crippen LogP contribution in [0.2, 0.25) is 0 Å². The highest BCUT2D eigenvalue weighted by molar-refractivity contribution is 5.99. The van der Waals surface area contributed by atoms with Gasteiger partial charge in [-0.25, -0.2) is 0 Å². The van der Waals surface area contributed by atoms with E-state index in [9.17, 15) is 48.6 Å². The Kier molecular flexibility index (Phi) is 48.8. The summed E-state index contributed by atoms with van der Waals surface area (Å²) < 4.78 is 0. The molecule has 0 spiro atoms. The number of piperazine rings is 3. The fraction of sp³-hybridized carbons (Fsp3) is 0.844. The quantitative estimate of drug-likeness (QED) is 0.0950. The van der Waals surface area contributed by atoms with Gasteiger partial charge in [-0.05, 0) is 231 Å². The third-order valence-electron chi connectivity index (χ3n) is 19.3. The molecule has 23 heteroatoms. The Hall–Kier alpha value is -4.72. The lowest BCUT2D eigenvalue weighted by atomic mass is 9.97. The number of allylic oxidation sites excluding steroid dienone is 1. The lowest BCUT2D eigenvalue weighted by molar-refractivity contribution is -0.137. The molecule has 0 bridgehead atoms. The van der Waals surface area contributed by atoms with Crippen molar-refractivity contribution in [3.8, 4) is 0 Å². The molecule has 0 radical (unpaired) electrons. The molecule has 9 rings (SSSR count). The van der Waals surface area contributed by atoms with Crippen molar-refractivity contribution >= 4 is 46.8 Å². The van der Waals surface area contributed by atoms with E-state index in [2.05, 4.69) is 157 Å². The zero-order valence-corrected chi connectivity index (χ0v) is 65.3. The van der Waals surface area contributed by atoms with Crippen LogP contribution in [-0.4, -0.2) is 289 Å². The van der Waals surface area contributed by atoms with E-state index in [4.69, 9.17) is 0 Å². The Morgan fingerprint density at radius 3 is 1.06 bits per heavy atom.